The highest BCUT2D eigenvalue weighted by molar-refractivity contribution is 5.71. The van der Waals surface area contributed by atoms with Crippen molar-refractivity contribution < 1.29 is 27.8 Å². The van der Waals surface area contributed by atoms with Crippen molar-refractivity contribution in [3.8, 4) is 0 Å². The van der Waals surface area contributed by atoms with E-state index in [2.05, 4.69) is 5.32 Å². The minimum absolute atomic E-state index is 0.202. The number of ether oxygens (including phenoxy) is 1. The van der Waals surface area contributed by atoms with E-state index in [1.807, 2.05) is 0 Å². The van der Waals surface area contributed by atoms with Crippen LogP contribution in [0.4, 0.5) is 13.2 Å². The summed E-state index contributed by atoms with van der Waals surface area (Å²) in [6.07, 6.45) is -4.72. The zero-order chi connectivity index (χ0) is 11.9. The maximum absolute atomic E-state index is 12.1. The zero-order valence-electron chi connectivity index (χ0n) is 8.30. The zero-order valence-corrected chi connectivity index (χ0v) is 8.30. The van der Waals surface area contributed by atoms with Crippen LogP contribution in [0.1, 0.15) is 6.92 Å². The molecule has 0 fully saturated rings. The number of hydrogen-bond donors (Lipinski definition) is 2. The molecule has 1 unspecified atom stereocenters. The molecule has 0 aliphatic heterocycles. The van der Waals surface area contributed by atoms with Gasteiger partial charge in [0.05, 0.1) is 6.61 Å². The molecule has 2 N–H and O–H groups in total. The van der Waals surface area contributed by atoms with Gasteiger partial charge in [-0.2, -0.15) is 13.2 Å². The van der Waals surface area contributed by atoms with E-state index < -0.39 is 24.6 Å². The van der Waals surface area contributed by atoms with E-state index in [0.29, 0.717) is 6.61 Å². The first-order chi connectivity index (χ1) is 6.89. The second-order valence-corrected chi connectivity index (χ2v) is 2.83. The number of rotatable bonds is 7. The van der Waals surface area contributed by atoms with Crippen LogP contribution in [0.2, 0.25) is 0 Å². The van der Waals surface area contributed by atoms with Crippen molar-refractivity contribution in [2.75, 3.05) is 26.3 Å². The predicted molar refractivity (Wildman–Crippen MR) is 46.5 cm³/mol. The van der Waals surface area contributed by atoms with E-state index in [1.165, 1.54) is 0 Å². The lowest BCUT2D eigenvalue weighted by Gasteiger charge is -2.16. The Bertz CT molecular complexity index is 196. The minimum atomic E-state index is -4.72. The quantitative estimate of drug-likeness (QED) is 0.636. The van der Waals surface area contributed by atoms with Crippen LogP contribution in [0, 0.1) is 5.92 Å². The summed E-state index contributed by atoms with van der Waals surface area (Å²) in [4.78, 5) is 10.3. The van der Waals surface area contributed by atoms with Crippen LogP contribution in [0.5, 0.6) is 0 Å². The van der Waals surface area contributed by atoms with Crippen molar-refractivity contribution in [2.24, 2.45) is 5.92 Å². The molecule has 0 aromatic heterocycles. The molecular formula is C8H14F3NO3. The molecule has 0 heterocycles. The molecule has 0 saturated carbocycles. The first kappa shape index (κ1) is 14.2. The van der Waals surface area contributed by atoms with Gasteiger partial charge in [0.25, 0.3) is 0 Å². The molecule has 90 valence electrons. The Morgan fingerprint density at radius 1 is 1.53 bits per heavy atom. The molecule has 0 amide bonds. The summed E-state index contributed by atoms with van der Waals surface area (Å²) in [5.74, 6) is -4.23. The normalized spacial score (nSPS) is 13.9. The highest BCUT2D eigenvalue weighted by Crippen LogP contribution is 2.25. The molecule has 0 spiro atoms. The summed E-state index contributed by atoms with van der Waals surface area (Å²) < 4.78 is 41.2. The second-order valence-electron chi connectivity index (χ2n) is 2.83. The van der Waals surface area contributed by atoms with Crippen molar-refractivity contribution >= 4 is 5.97 Å². The third-order valence-electron chi connectivity index (χ3n) is 1.67. The largest absolute Gasteiger partial charge is 0.481 e. The van der Waals surface area contributed by atoms with Gasteiger partial charge in [0.15, 0.2) is 5.92 Å². The Labute approximate surface area is 85.4 Å². The van der Waals surface area contributed by atoms with Gasteiger partial charge in [-0.1, -0.05) is 0 Å². The molecule has 7 heteroatoms. The van der Waals surface area contributed by atoms with Crippen LogP contribution in [0.3, 0.4) is 0 Å². The van der Waals surface area contributed by atoms with Gasteiger partial charge in [0, 0.05) is 19.7 Å². The molecule has 4 nitrogen and oxygen atoms in total. The summed E-state index contributed by atoms with van der Waals surface area (Å²) in [5, 5.41) is 10.7. The highest BCUT2D eigenvalue weighted by Gasteiger charge is 2.44. The molecule has 0 aromatic carbocycles. The van der Waals surface area contributed by atoms with Gasteiger partial charge in [0.1, 0.15) is 0 Å². The molecule has 1 atom stereocenters. The summed E-state index contributed by atoms with van der Waals surface area (Å²) in [7, 11) is 0. The van der Waals surface area contributed by atoms with Crippen molar-refractivity contribution in [1.82, 2.24) is 5.32 Å². The van der Waals surface area contributed by atoms with Crippen molar-refractivity contribution in [3.05, 3.63) is 0 Å². The van der Waals surface area contributed by atoms with E-state index in [1.54, 1.807) is 6.92 Å². The van der Waals surface area contributed by atoms with Gasteiger partial charge in [0.2, 0.25) is 0 Å². The maximum atomic E-state index is 12.1. The molecule has 0 rings (SSSR count). The number of carbonyl (C=O) groups is 1. The minimum Gasteiger partial charge on any atom is -0.481 e. The smallest absolute Gasteiger partial charge is 0.403 e. The molecule has 15 heavy (non-hydrogen) atoms. The number of aliphatic carboxylic acids is 1. The third-order valence-corrected chi connectivity index (χ3v) is 1.67. The topological polar surface area (TPSA) is 58.6 Å². The summed E-state index contributed by atoms with van der Waals surface area (Å²) in [5.41, 5.74) is 0. The molecule has 0 aromatic rings. The third kappa shape index (κ3) is 6.29. The first-order valence-corrected chi connectivity index (χ1v) is 4.47. The second kappa shape index (κ2) is 6.62. The lowest BCUT2D eigenvalue weighted by Crippen LogP contribution is -2.39. The standard InChI is InChI=1S/C8H14F3NO3/c1-2-15-4-3-12-5-6(7(13)14)8(9,10)11/h6,12H,2-5H2,1H3,(H,13,14). The van der Waals surface area contributed by atoms with E-state index in [-0.39, 0.29) is 13.2 Å². The van der Waals surface area contributed by atoms with Crippen LogP contribution < -0.4 is 5.32 Å². The Hall–Kier alpha value is -0.820. The molecule has 0 aliphatic rings. The average Bonchev–Trinajstić information content (AvgIpc) is 2.08. The van der Waals surface area contributed by atoms with E-state index in [9.17, 15) is 18.0 Å². The Morgan fingerprint density at radius 2 is 2.13 bits per heavy atom. The number of halogens is 3. The molecule has 0 aliphatic carbocycles. The maximum Gasteiger partial charge on any atom is 0.403 e. The molecule has 0 saturated heterocycles. The van der Waals surface area contributed by atoms with Gasteiger partial charge in [-0.05, 0) is 6.92 Å². The fourth-order valence-corrected chi connectivity index (χ4v) is 0.878. The lowest BCUT2D eigenvalue weighted by atomic mass is 10.1. The summed E-state index contributed by atoms with van der Waals surface area (Å²) in [6.45, 7) is 2.07. The van der Waals surface area contributed by atoms with E-state index in [4.69, 9.17) is 9.84 Å². The Kier molecular flexibility index (Phi) is 6.26. The van der Waals surface area contributed by atoms with Crippen molar-refractivity contribution in [3.63, 3.8) is 0 Å². The fraction of sp³-hybridized carbons (Fsp3) is 0.875. The van der Waals surface area contributed by atoms with Crippen LogP contribution >= 0.6 is 0 Å². The van der Waals surface area contributed by atoms with E-state index >= 15 is 0 Å². The average molecular weight is 229 g/mol. The predicted octanol–water partition coefficient (Wildman–Crippen LogP) is 0.876. The van der Waals surface area contributed by atoms with Gasteiger partial charge >= 0.3 is 12.1 Å². The highest BCUT2D eigenvalue weighted by atomic mass is 19.4. The lowest BCUT2D eigenvalue weighted by molar-refractivity contribution is -0.192. The van der Waals surface area contributed by atoms with Crippen LogP contribution in [-0.2, 0) is 9.53 Å². The Morgan fingerprint density at radius 3 is 2.53 bits per heavy atom. The SMILES string of the molecule is CCOCCNCC(C(=O)O)C(F)(F)F. The van der Waals surface area contributed by atoms with E-state index in [0.717, 1.165) is 0 Å². The fourth-order valence-electron chi connectivity index (χ4n) is 0.878. The van der Waals surface area contributed by atoms with Crippen LogP contribution in [0.15, 0.2) is 0 Å². The number of carboxylic acid groups (broad SMARTS) is 1. The number of hydrogen-bond acceptors (Lipinski definition) is 3. The Balaban J connectivity index is 3.84. The molecular weight excluding hydrogens is 215 g/mol. The molecule has 0 radical (unpaired) electrons. The van der Waals surface area contributed by atoms with Gasteiger partial charge in [-0.15, -0.1) is 0 Å². The number of nitrogens with one attached hydrogen (secondary N) is 1. The summed E-state index contributed by atoms with van der Waals surface area (Å²) in [6, 6.07) is 0. The van der Waals surface area contributed by atoms with Gasteiger partial charge < -0.3 is 15.2 Å². The number of carboxylic acids is 1. The number of alkyl halides is 3. The molecule has 0 bridgehead atoms. The van der Waals surface area contributed by atoms with Crippen molar-refractivity contribution in [1.29, 1.82) is 0 Å². The van der Waals surface area contributed by atoms with Crippen LogP contribution in [0.25, 0.3) is 0 Å². The summed E-state index contributed by atoms with van der Waals surface area (Å²) >= 11 is 0. The van der Waals surface area contributed by atoms with Crippen molar-refractivity contribution in [2.45, 2.75) is 13.1 Å². The van der Waals surface area contributed by atoms with Crippen LogP contribution in [-0.4, -0.2) is 43.6 Å². The monoisotopic (exact) mass is 229 g/mol. The van der Waals surface area contributed by atoms with Gasteiger partial charge in [-0.3, -0.25) is 4.79 Å². The van der Waals surface area contributed by atoms with Gasteiger partial charge in [-0.25, -0.2) is 0 Å². The first-order valence-electron chi connectivity index (χ1n) is 4.47.